The Balaban J connectivity index is 1.88. The molecule has 21 heavy (non-hydrogen) atoms. The molecule has 0 atom stereocenters. The fourth-order valence-electron chi connectivity index (χ4n) is 1.92. The number of nitrogens with zero attached hydrogens (tertiary/aromatic N) is 2. The Morgan fingerprint density at radius 2 is 2.14 bits per heavy atom. The fourth-order valence-corrected chi connectivity index (χ4v) is 4.05. The van der Waals surface area contributed by atoms with Gasteiger partial charge in [-0.1, -0.05) is 17.7 Å². The molecule has 0 unspecified atom stereocenters. The van der Waals surface area contributed by atoms with Gasteiger partial charge in [-0.2, -0.15) is 0 Å². The molecule has 0 bridgehead atoms. The van der Waals surface area contributed by atoms with Crippen molar-refractivity contribution in [3.63, 3.8) is 0 Å². The summed E-state index contributed by atoms with van der Waals surface area (Å²) in [6.45, 7) is 1.41. The molecule has 3 aromatic rings. The Hall–Kier alpha value is -1.05. The third-order valence-corrected chi connectivity index (χ3v) is 4.93. The van der Waals surface area contributed by atoms with E-state index in [1.54, 1.807) is 29.8 Å². The second-order valence-electron chi connectivity index (χ2n) is 4.28. The van der Waals surface area contributed by atoms with Crippen molar-refractivity contribution >= 4 is 44.5 Å². The van der Waals surface area contributed by atoms with Crippen LogP contribution in [0.4, 0.5) is 0 Å². The van der Waals surface area contributed by atoms with Gasteiger partial charge in [0.25, 0.3) is 0 Å². The van der Waals surface area contributed by atoms with Crippen molar-refractivity contribution in [2.24, 2.45) is 0 Å². The first kappa shape index (κ1) is 14.9. The van der Waals surface area contributed by atoms with Crippen LogP contribution < -0.4 is 0 Å². The van der Waals surface area contributed by atoms with E-state index < -0.39 is 0 Å². The van der Waals surface area contributed by atoms with E-state index in [1.165, 1.54) is 4.88 Å². The van der Waals surface area contributed by atoms with E-state index in [-0.39, 0.29) is 0 Å². The van der Waals surface area contributed by atoms with Gasteiger partial charge in [0.05, 0.1) is 18.6 Å². The van der Waals surface area contributed by atoms with Gasteiger partial charge in [0.15, 0.2) is 5.82 Å². The number of rotatable bonds is 6. The van der Waals surface area contributed by atoms with Crippen LogP contribution in [0.15, 0.2) is 22.9 Å². The summed E-state index contributed by atoms with van der Waals surface area (Å²) in [7, 11) is 1.64. The largest absolute Gasteiger partial charge is 0.382 e. The Kier molecular flexibility index (Phi) is 4.82. The number of halogens is 1. The minimum absolute atomic E-state index is 0.339. The zero-order chi connectivity index (χ0) is 14.7. The maximum Gasteiger partial charge on any atom is 0.157 e. The van der Waals surface area contributed by atoms with Crippen LogP contribution in [0.3, 0.4) is 0 Å². The number of hydrogen-bond donors (Lipinski definition) is 0. The molecule has 3 aromatic heterocycles. The minimum Gasteiger partial charge on any atom is -0.382 e. The second kappa shape index (κ2) is 6.81. The first-order chi connectivity index (χ1) is 10.3. The molecular formula is C14H13ClN2O2S2. The molecule has 0 aromatic carbocycles. The van der Waals surface area contributed by atoms with Crippen molar-refractivity contribution in [1.29, 1.82) is 0 Å². The van der Waals surface area contributed by atoms with Crippen molar-refractivity contribution in [2.45, 2.75) is 6.61 Å². The number of aromatic nitrogens is 2. The van der Waals surface area contributed by atoms with Gasteiger partial charge >= 0.3 is 0 Å². The van der Waals surface area contributed by atoms with Gasteiger partial charge in [-0.15, -0.1) is 22.7 Å². The average molecular weight is 341 g/mol. The molecule has 0 saturated heterocycles. The number of thiophene rings is 2. The highest BCUT2D eigenvalue weighted by atomic mass is 35.5. The summed E-state index contributed by atoms with van der Waals surface area (Å²) < 4.78 is 10.4. The van der Waals surface area contributed by atoms with Crippen LogP contribution in [0, 0.1) is 0 Å². The fraction of sp³-hybridized carbons (Fsp3) is 0.286. The average Bonchev–Trinajstić information content (AvgIpc) is 3.12. The van der Waals surface area contributed by atoms with Gasteiger partial charge in [0.1, 0.15) is 16.6 Å². The lowest BCUT2D eigenvalue weighted by atomic mass is 10.2. The predicted octanol–water partition coefficient (Wildman–Crippen LogP) is 4.24. The van der Waals surface area contributed by atoms with Crippen LogP contribution in [-0.4, -0.2) is 30.3 Å². The van der Waals surface area contributed by atoms with E-state index in [4.69, 9.17) is 21.1 Å². The molecule has 0 aliphatic heterocycles. The molecule has 4 nitrogen and oxygen atoms in total. The zero-order valence-corrected chi connectivity index (χ0v) is 13.7. The van der Waals surface area contributed by atoms with E-state index in [0.717, 1.165) is 15.8 Å². The SMILES string of the molecule is COCCOCc1nc(Cl)c2c(-c3cccs3)csc2n1. The summed E-state index contributed by atoms with van der Waals surface area (Å²) >= 11 is 9.60. The Morgan fingerprint density at radius 3 is 2.90 bits per heavy atom. The molecule has 0 amide bonds. The second-order valence-corrected chi connectivity index (χ2v) is 6.45. The van der Waals surface area contributed by atoms with Crippen LogP contribution in [0.5, 0.6) is 0 Å². The van der Waals surface area contributed by atoms with Crippen molar-refractivity contribution in [3.8, 4) is 10.4 Å². The summed E-state index contributed by atoms with van der Waals surface area (Å²) in [5.74, 6) is 0.600. The van der Waals surface area contributed by atoms with Gasteiger partial charge in [-0.25, -0.2) is 9.97 Å². The number of hydrogen-bond acceptors (Lipinski definition) is 6. The highest BCUT2D eigenvalue weighted by Gasteiger charge is 2.14. The molecule has 0 saturated carbocycles. The quantitative estimate of drug-likeness (QED) is 0.497. The highest BCUT2D eigenvalue weighted by molar-refractivity contribution is 7.18. The molecule has 0 N–H and O–H groups in total. The molecule has 110 valence electrons. The maximum atomic E-state index is 6.35. The topological polar surface area (TPSA) is 44.2 Å². The number of ether oxygens (including phenoxy) is 2. The summed E-state index contributed by atoms with van der Waals surface area (Å²) in [4.78, 5) is 10.9. The first-order valence-corrected chi connectivity index (χ1v) is 8.47. The van der Waals surface area contributed by atoms with E-state index in [0.29, 0.717) is 30.8 Å². The summed E-state index contributed by atoms with van der Waals surface area (Å²) in [5, 5.41) is 5.53. The number of fused-ring (bicyclic) bond motifs is 1. The Morgan fingerprint density at radius 1 is 1.24 bits per heavy atom. The van der Waals surface area contributed by atoms with Crippen molar-refractivity contribution in [2.75, 3.05) is 20.3 Å². The molecule has 0 spiro atoms. The molecule has 3 heterocycles. The van der Waals surface area contributed by atoms with Crippen LogP contribution >= 0.6 is 34.3 Å². The van der Waals surface area contributed by atoms with Crippen LogP contribution in [0.1, 0.15) is 5.82 Å². The van der Waals surface area contributed by atoms with Crippen LogP contribution in [0.25, 0.3) is 20.7 Å². The van der Waals surface area contributed by atoms with Crippen molar-refractivity contribution < 1.29 is 9.47 Å². The maximum absolute atomic E-state index is 6.35. The lowest BCUT2D eigenvalue weighted by Gasteiger charge is -2.04. The van der Waals surface area contributed by atoms with Gasteiger partial charge in [0, 0.05) is 22.9 Å². The molecule has 0 radical (unpaired) electrons. The third kappa shape index (κ3) is 3.25. The van der Waals surface area contributed by atoms with Crippen LogP contribution in [0.2, 0.25) is 5.15 Å². The molecule has 7 heteroatoms. The lowest BCUT2D eigenvalue weighted by Crippen LogP contribution is -2.04. The normalized spacial score (nSPS) is 11.3. The third-order valence-electron chi connectivity index (χ3n) is 2.89. The predicted molar refractivity (Wildman–Crippen MR) is 87.3 cm³/mol. The summed E-state index contributed by atoms with van der Waals surface area (Å²) in [6.07, 6.45) is 0. The van der Waals surface area contributed by atoms with Gasteiger partial charge in [-0.05, 0) is 11.4 Å². The van der Waals surface area contributed by atoms with E-state index in [9.17, 15) is 0 Å². The Labute approximate surface area is 135 Å². The van der Waals surface area contributed by atoms with Gasteiger partial charge in [0.2, 0.25) is 0 Å². The molecule has 3 rings (SSSR count). The van der Waals surface area contributed by atoms with Gasteiger partial charge < -0.3 is 9.47 Å². The van der Waals surface area contributed by atoms with Crippen LogP contribution in [-0.2, 0) is 16.1 Å². The monoisotopic (exact) mass is 340 g/mol. The van der Waals surface area contributed by atoms with Crippen molar-refractivity contribution in [1.82, 2.24) is 9.97 Å². The van der Waals surface area contributed by atoms with E-state index in [1.807, 2.05) is 11.4 Å². The molecule has 0 aliphatic rings. The number of methoxy groups -OCH3 is 1. The van der Waals surface area contributed by atoms with E-state index >= 15 is 0 Å². The minimum atomic E-state index is 0.339. The zero-order valence-electron chi connectivity index (χ0n) is 11.3. The lowest BCUT2D eigenvalue weighted by molar-refractivity contribution is 0.0587. The van der Waals surface area contributed by atoms with Gasteiger partial charge in [-0.3, -0.25) is 0 Å². The molecular weight excluding hydrogens is 328 g/mol. The highest BCUT2D eigenvalue weighted by Crippen LogP contribution is 2.38. The standard InChI is InChI=1S/C14H13ClN2O2S2/c1-18-4-5-19-7-11-16-13(15)12-9(8-21-14(12)17-11)10-3-2-6-20-10/h2-3,6,8H,4-5,7H2,1H3. The van der Waals surface area contributed by atoms with E-state index in [2.05, 4.69) is 21.4 Å². The van der Waals surface area contributed by atoms with Crippen molar-refractivity contribution in [3.05, 3.63) is 33.9 Å². The molecule has 0 fully saturated rings. The summed E-state index contributed by atoms with van der Waals surface area (Å²) in [6, 6.07) is 4.10. The first-order valence-electron chi connectivity index (χ1n) is 6.33. The summed E-state index contributed by atoms with van der Waals surface area (Å²) in [5.41, 5.74) is 1.10. The molecule has 0 aliphatic carbocycles. The smallest absolute Gasteiger partial charge is 0.157 e. The Bertz CT molecular complexity index is 728.